The van der Waals surface area contributed by atoms with E-state index in [2.05, 4.69) is 15.3 Å². The maximum absolute atomic E-state index is 13.5. The van der Waals surface area contributed by atoms with E-state index >= 15 is 0 Å². The molecular formula is C10H8ClFN4. The molecule has 0 aliphatic carbocycles. The van der Waals surface area contributed by atoms with Crippen LogP contribution in [0.4, 0.5) is 21.8 Å². The first-order valence-electron chi connectivity index (χ1n) is 4.46. The van der Waals surface area contributed by atoms with E-state index in [0.717, 1.165) is 0 Å². The molecule has 0 saturated carbocycles. The average Bonchev–Trinajstić information content (AvgIpc) is 2.25. The highest BCUT2D eigenvalue weighted by Crippen LogP contribution is 2.23. The van der Waals surface area contributed by atoms with Crippen LogP contribution in [0.25, 0.3) is 0 Å². The van der Waals surface area contributed by atoms with Gasteiger partial charge in [0, 0.05) is 6.20 Å². The lowest BCUT2D eigenvalue weighted by Gasteiger charge is -2.06. The summed E-state index contributed by atoms with van der Waals surface area (Å²) >= 11 is 5.63. The van der Waals surface area contributed by atoms with Gasteiger partial charge < -0.3 is 11.1 Å². The van der Waals surface area contributed by atoms with Gasteiger partial charge in [0.15, 0.2) is 5.82 Å². The van der Waals surface area contributed by atoms with Crippen LogP contribution in [0.2, 0.25) is 5.02 Å². The third-order valence-electron chi connectivity index (χ3n) is 1.88. The first-order valence-corrected chi connectivity index (χ1v) is 4.84. The van der Waals surface area contributed by atoms with E-state index in [4.69, 9.17) is 17.3 Å². The number of hydrogen-bond donors (Lipinski definition) is 2. The van der Waals surface area contributed by atoms with Crippen LogP contribution in [0.5, 0.6) is 0 Å². The standard InChI is InChI=1S/C10H8ClFN4/c11-6-2-1-3-7(9(6)12)15-10-14-5-4-8(13)16-10/h1-5H,(H3,13,14,15,16). The predicted octanol–water partition coefficient (Wildman–Crippen LogP) is 2.59. The molecule has 4 nitrogen and oxygen atoms in total. The lowest BCUT2D eigenvalue weighted by Crippen LogP contribution is -2.01. The maximum atomic E-state index is 13.5. The molecular weight excluding hydrogens is 231 g/mol. The fourth-order valence-corrected chi connectivity index (χ4v) is 1.33. The Balaban J connectivity index is 2.31. The van der Waals surface area contributed by atoms with Crippen molar-refractivity contribution in [2.45, 2.75) is 0 Å². The van der Waals surface area contributed by atoms with Gasteiger partial charge in [0.2, 0.25) is 5.95 Å². The van der Waals surface area contributed by atoms with Gasteiger partial charge in [0.1, 0.15) is 5.82 Å². The summed E-state index contributed by atoms with van der Waals surface area (Å²) in [5.41, 5.74) is 5.68. The van der Waals surface area contributed by atoms with E-state index in [0.29, 0.717) is 5.82 Å². The minimum Gasteiger partial charge on any atom is -0.384 e. The molecule has 1 aromatic heterocycles. The molecule has 0 aliphatic rings. The molecule has 1 aromatic carbocycles. The van der Waals surface area contributed by atoms with Gasteiger partial charge >= 0.3 is 0 Å². The van der Waals surface area contributed by atoms with Crippen molar-refractivity contribution in [2.24, 2.45) is 0 Å². The zero-order valence-electron chi connectivity index (χ0n) is 8.11. The highest BCUT2D eigenvalue weighted by Gasteiger charge is 2.07. The van der Waals surface area contributed by atoms with Crippen molar-refractivity contribution in [1.29, 1.82) is 0 Å². The second-order valence-electron chi connectivity index (χ2n) is 3.03. The van der Waals surface area contributed by atoms with Crippen LogP contribution in [0.15, 0.2) is 30.5 Å². The van der Waals surface area contributed by atoms with E-state index < -0.39 is 5.82 Å². The van der Waals surface area contributed by atoms with Gasteiger partial charge in [-0.25, -0.2) is 9.37 Å². The van der Waals surface area contributed by atoms with E-state index in [9.17, 15) is 4.39 Å². The molecule has 16 heavy (non-hydrogen) atoms. The molecule has 0 radical (unpaired) electrons. The zero-order valence-corrected chi connectivity index (χ0v) is 8.87. The van der Waals surface area contributed by atoms with Crippen molar-refractivity contribution >= 4 is 29.1 Å². The maximum Gasteiger partial charge on any atom is 0.229 e. The summed E-state index contributed by atoms with van der Waals surface area (Å²) in [5.74, 6) is -0.0173. The summed E-state index contributed by atoms with van der Waals surface area (Å²) in [5, 5.41) is 2.73. The number of halogens is 2. The van der Waals surface area contributed by atoms with Crippen LogP contribution in [-0.4, -0.2) is 9.97 Å². The number of benzene rings is 1. The number of nitrogen functional groups attached to an aromatic ring is 1. The molecule has 82 valence electrons. The molecule has 2 rings (SSSR count). The molecule has 0 atom stereocenters. The topological polar surface area (TPSA) is 63.8 Å². The molecule has 0 amide bonds. The first-order chi connectivity index (χ1) is 7.66. The van der Waals surface area contributed by atoms with Crippen molar-refractivity contribution in [3.05, 3.63) is 41.3 Å². The van der Waals surface area contributed by atoms with Gasteiger partial charge in [0.05, 0.1) is 10.7 Å². The normalized spacial score (nSPS) is 10.1. The fourth-order valence-electron chi connectivity index (χ4n) is 1.15. The quantitative estimate of drug-likeness (QED) is 0.844. The Kier molecular flexibility index (Phi) is 2.87. The predicted molar refractivity (Wildman–Crippen MR) is 61.1 cm³/mol. The Morgan fingerprint density at radius 2 is 2.12 bits per heavy atom. The lowest BCUT2D eigenvalue weighted by atomic mass is 10.3. The summed E-state index contributed by atoms with van der Waals surface area (Å²) < 4.78 is 13.5. The van der Waals surface area contributed by atoms with E-state index in [1.54, 1.807) is 12.1 Å². The Morgan fingerprint density at radius 3 is 2.88 bits per heavy atom. The monoisotopic (exact) mass is 238 g/mol. The van der Waals surface area contributed by atoms with Gasteiger partial charge in [-0.05, 0) is 18.2 Å². The molecule has 0 unspecified atom stereocenters. The molecule has 1 heterocycles. The van der Waals surface area contributed by atoms with Crippen molar-refractivity contribution < 1.29 is 4.39 Å². The number of hydrogen-bond acceptors (Lipinski definition) is 4. The van der Waals surface area contributed by atoms with Crippen molar-refractivity contribution in [1.82, 2.24) is 9.97 Å². The van der Waals surface area contributed by atoms with E-state index in [1.165, 1.54) is 18.3 Å². The smallest absolute Gasteiger partial charge is 0.229 e. The average molecular weight is 239 g/mol. The summed E-state index contributed by atoms with van der Waals surface area (Å²) in [4.78, 5) is 7.78. The number of nitrogens with one attached hydrogen (secondary N) is 1. The Morgan fingerprint density at radius 1 is 1.31 bits per heavy atom. The molecule has 0 bridgehead atoms. The SMILES string of the molecule is Nc1ccnc(Nc2cccc(Cl)c2F)n1. The van der Waals surface area contributed by atoms with Crippen molar-refractivity contribution in [2.75, 3.05) is 11.1 Å². The zero-order chi connectivity index (χ0) is 11.5. The molecule has 0 saturated heterocycles. The molecule has 6 heteroatoms. The second kappa shape index (κ2) is 4.32. The lowest BCUT2D eigenvalue weighted by molar-refractivity contribution is 0.632. The van der Waals surface area contributed by atoms with Gasteiger partial charge in [-0.15, -0.1) is 0 Å². The van der Waals surface area contributed by atoms with Crippen LogP contribution >= 0.6 is 11.6 Å². The Hall–Kier alpha value is -1.88. The van der Waals surface area contributed by atoms with Crippen LogP contribution in [0, 0.1) is 5.82 Å². The third kappa shape index (κ3) is 2.20. The van der Waals surface area contributed by atoms with Crippen LogP contribution in [0.3, 0.4) is 0 Å². The third-order valence-corrected chi connectivity index (χ3v) is 2.17. The highest BCUT2D eigenvalue weighted by molar-refractivity contribution is 6.31. The van der Waals surface area contributed by atoms with Crippen LogP contribution in [0.1, 0.15) is 0 Å². The number of nitrogens with two attached hydrogens (primary N) is 1. The second-order valence-corrected chi connectivity index (χ2v) is 3.44. The Labute approximate surface area is 96.3 Å². The summed E-state index contributed by atoms with van der Waals surface area (Å²) in [7, 11) is 0. The summed E-state index contributed by atoms with van der Waals surface area (Å²) in [6.07, 6.45) is 1.48. The van der Waals surface area contributed by atoms with Gasteiger partial charge in [-0.1, -0.05) is 17.7 Å². The van der Waals surface area contributed by atoms with Crippen LogP contribution in [-0.2, 0) is 0 Å². The number of rotatable bonds is 2. The summed E-state index contributed by atoms with van der Waals surface area (Å²) in [6.45, 7) is 0. The minimum atomic E-state index is -0.546. The molecule has 3 N–H and O–H groups in total. The Bertz CT molecular complexity index is 518. The van der Waals surface area contributed by atoms with Gasteiger partial charge in [0.25, 0.3) is 0 Å². The van der Waals surface area contributed by atoms with Crippen molar-refractivity contribution in [3.8, 4) is 0 Å². The first kappa shape index (κ1) is 10.6. The van der Waals surface area contributed by atoms with E-state index in [1.807, 2.05) is 0 Å². The minimum absolute atomic E-state index is 0.0360. The summed E-state index contributed by atoms with van der Waals surface area (Å²) in [6, 6.07) is 6.16. The van der Waals surface area contributed by atoms with E-state index in [-0.39, 0.29) is 16.7 Å². The van der Waals surface area contributed by atoms with Gasteiger partial charge in [-0.2, -0.15) is 4.98 Å². The highest BCUT2D eigenvalue weighted by atomic mass is 35.5. The number of nitrogens with zero attached hydrogens (tertiary/aromatic N) is 2. The molecule has 0 spiro atoms. The fraction of sp³-hybridized carbons (Fsp3) is 0. The van der Waals surface area contributed by atoms with Crippen LogP contribution < -0.4 is 11.1 Å². The molecule has 0 fully saturated rings. The molecule has 2 aromatic rings. The van der Waals surface area contributed by atoms with Crippen molar-refractivity contribution in [3.63, 3.8) is 0 Å². The largest absolute Gasteiger partial charge is 0.384 e. The number of anilines is 3. The number of aromatic nitrogens is 2. The van der Waals surface area contributed by atoms with Gasteiger partial charge in [-0.3, -0.25) is 0 Å². The molecule has 0 aliphatic heterocycles.